The smallest absolute Gasteiger partial charge is 0.279 e. The molecule has 0 saturated heterocycles. The second-order valence-corrected chi connectivity index (χ2v) is 6.94. The highest BCUT2D eigenvalue weighted by Gasteiger charge is 2.14. The standard InChI is InChI=1S/C11H16BrN3O3S/c1-8-4-5-9(6-10(8)12)14-11(16)7-13-19(17,18)15(2)3/h4-6,13H,7H2,1-3H3,(H,14,16). The van der Waals surface area contributed by atoms with E-state index in [2.05, 4.69) is 26.0 Å². The van der Waals surface area contributed by atoms with Gasteiger partial charge in [0.1, 0.15) is 0 Å². The summed E-state index contributed by atoms with van der Waals surface area (Å²) in [6.07, 6.45) is 0. The van der Waals surface area contributed by atoms with Crippen molar-refractivity contribution in [2.75, 3.05) is 26.0 Å². The molecule has 0 bridgehead atoms. The predicted molar refractivity (Wildman–Crippen MR) is 78.1 cm³/mol. The molecule has 19 heavy (non-hydrogen) atoms. The molecule has 0 saturated carbocycles. The van der Waals surface area contributed by atoms with Crippen molar-refractivity contribution >= 4 is 37.7 Å². The molecule has 106 valence electrons. The number of nitrogens with one attached hydrogen (secondary N) is 2. The molecule has 6 nitrogen and oxygen atoms in total. The maximum atomic E-state index is 11.6. The molecule has 0 atom stereocenters. The first-order valence-electron chi connectivity index (χ1n) is 5.45. The highest BCUT2D eigenvalue weighted by atomic mass is 79.9. The van der Waals surface area contributed by atoms with E-state index in [1.165, 1.54) is 14.1 Å². The Morgan fingerprint density at radius 1 is 1.37 bits per heavy atom. The van der Waals surface area contributed by atoms with Gasteiger partial charge in [0.15, 0.2) is 0 Å². The zero-order chi connectivity index (χ0) is 14.6. The second kappa shape index (κ2) is 6.47. The van der Waals surface area contributed by atoms with E-state index < -0.39 is 16.1 Å². The molecule has 0 fully saturated rings. The average Bonchev–Trinajstić information content (AvgIpc) is 2.31. The van der Waals surface area contributed by atoms with E-state index in [0.29, 0.717) is 5.69 Å². The predicted octanol–water partition coefficient (Wildman–Crippen LogP) is 1.09. The molecule has 1 amide bonds. The molecular weight excluding hydrogens is 334 g/mol. The number of aryl methyl sites for hydroxylation is 1. The lowest BCUT2D eigenvalue weighted by atomic mass is 10.2. The SMILES string of the molecule is Cc1ccc(NC(=O)CNS(=O)(=O)N(C)C)cc1Br. The van der Waals surface area contributed by atoms with Crippen molar-refractivity contribution in [3.05, 3.63) is 28.2 Å². The van der Waals surface area contributed by atoms with Crippen LogP contribution in [0.2, 0.25) is 0 Å². The minimum absolute atomic E-state index is 0.313. The Morgan fingerprint density at radius 2 is 2.00 bits per heavy atom. The van der Waals surface area contributed by atoms with Gasteiger partial charge in [-0.05, 0) is 24.6 Å². The maximum Gasteiger partial charge on any atom is 0.279 e. The van der Waals surface area contributed by atoms with Crippen molar-refractivity contribution in [2.24, 2.45) is 0 Å². The number of nitrogens with zero attached hydrogens (tertiary/aromatic N) is 1. The van der Waals surface area contributed by atoms with Crippen LogP contribution in [0.15, 0.2) is 22.7 Å². The molecule has 0 aliphatic heterocycles. The van der Waals surface area contributed by atoms with Crippen LogP contribution in [-0.4, -0.2) is 39.3 Å². The molecule has 0 aliphatic carbocycles. The van der Waals surface area contributed by atoms with Gasteiger partial charge in [-0.2, -0.15) is 17.4 Å². The highest BCUT2D eigenvalue weighted by Crippen LogP contribution is 2.20. The van der Waals surface area contributed by atoms with Gasteiger partial charge in [0.05, 0.1) is 6.54 Å². The summed E-state index contributed by atoms with van der Waals surface area (Å²) >= 11 is 3.36. The third-order valence-corrected chi connectivity index (χ3v) is 4.68. The number of benzene rings is 1. The van der Waals surface area contributed by atoms with Crippen LogP contribution in [0.1, 0.15) is 5.56 Å². The first-order valence-corrected chi connectivity index (χ1v) is 7.69. The number of hydrogen-bond acceptors (Lipinski definition) is 3. The van der Waals surface area contributed by atoms with Crippen LogP contribution in [0.25, 0.3) is 0 Å². The van der Waals surface area contributed by atoms with Crippen molar-refractivity contribution < 1.29 is 13.2 Å². The number of rotatable bonds is 5. The zero-order valence-electron chi connectivity index (χ0n) is 10.9. The summed E-state index contributed by atoms with van der Waals surface area (Å²) in [5.41, 5.74) is 1.65. The summed E-state index contributed by atoms with van der Waals surface area (Å²) in [7, 11) is -0.815. The van der Waals surface area contributed by atoms with Crippen LogP contribution in [0.4, 0.5) is 5.69 Å². The van der Waals surface area contributed by atoms with Crippen LogP contribution in [-0.2, 0) is 15.0 Å². The summed E-state index contributed by atoms with van der Waals surface area (Å²) < 4.78 is 26.9. The molecule has 2 N–H and O–H groups in total. The molecule has 1 aromatic carbocycles. The van der Waals surface area contributed by atoms with Crippen LogP contribution in [0.3, 0.4) is 0 Å². The lowest BCUT2D eigenvalue weighted by molar-refractivity contribution is -0.115. The molecule has 1 rings (SSSR count). The molecule has 0 radical (unpaired) electrons. The first kappa shape index (κ1) is 16.1. The summed E-state index contributed by atoms with van der Waals surface area (Å²) in [5.74, 6) is -0.429. The topological polar surface area (TPSA) is 78.5 Å². The Hall–Kier alpha value is -0.960. The Labute approximate surface area is 121 Å². The van der Waals surface area contributed by atoms with Gasteiger partial charge in [0, 0.05) is 24.3 Å². The van der Waals surface area contributed by atoms with Crippen LogP contribution in [0, 0.1) is 6.92 Å². The maximum absolute atomic E-state index is 11.6. The number of anilines is 1. The fourth-order valence-electron chi connectivity index (χ4n) is 1.16. The van der Waals surface area contributed by atoms with Gasteiger partial charge < -0.3 is 5.32 Å². The number of carbonyl (C=O) groups is 1. The average molecular weight is 350 g/mol. The van der Waals surface area contributed by atoms with E-state index in [9.17, 15) is 13.2 Å². The third kappa shape index (κ3) is 4.90. The van der Waals surface area contributed by atoms with Gasteiger partial charge in [-0.3, -0.25) is 4.79 Å². The largest absolute Gasteiger partial charge is 0.325 e. The normalized spacial score (nSPS) is 11.6. The molecule has 0 aromatic heterocycles. The van der Waals surface area contributed by atoms with Crippen LogP contribution < -0.4 is 10.0 Å². The highest BCUT2D eigenvalue weighted by molar-refractivity contribution is 9.10. The summed E-state index contributed by atoms with van der Waals surface area (Å²) in [6.45, 7) is 1.62. The van der Waals surface area contributed by atoms with Gasteiger partial charge >= 0.3 is 0 Å². The van der Waals surface area contributed by atoms with Crippen LogP contribution >= 0.6 is 15.9 Å². The first-order chi connectivity index (χ1) is 8.72. The molecule has 0 unspecified atom stereocenters. The molecule has 0 heterocycles. The minimum atomic E-state index is -3.59. The number of amides is 1. The van der Waals surface area contributed by atoms with E-state index in [4.69, 9.17) is 0 Å². The fraction of sp³-hybridized carbons (Fsp3) is 0.364. The van der Waals surface area contributed by atoms with Gasteiger partial charge in [-0.25, -0.2) is 0 Å². The van der Waals surface area contributed by atoms with Crippen molar-refractivity contribution in [3.63, 3.8) is 0 Å². The lowest BCUT2D eigenvalue weighted by Crippen LogP contribution is -2.40. The number of hydrogen-bond donors (Lipinski definition) is 2. The van der Waals surface area contributed by atoms with E-state index in [-0.39, 0.29) is 6.54 Å². The van der Waals surface area contributed by atoms with Crippen LogP contribution in [0.5, 0.6) is 0 Å². The summed E-state index contributed by atoms with van der Waals surface area (Å²) in [5, 5.41) is 2.61. The summed E-state index contributed by atoms with van der Waals surface area (Å²) in [4.78, 5) is 11.6. The fourth-order valence-corrected chi connectivity index (χ4v) is 2.11. The van der Waals surface area contributed by atoms with Crippen molar-refractivity contribution in [3.8, 4) is 0 Å². The quantitative estimate of drug-likeness (QED) is 0.835. The molecule has 1 aromatic rings. The van der Waals surface area contributed by atoms with E-state index >= 15 is 0 Å². The Kier molecular flexibility index (Phi) is 5.48. The molecule has 8 heteroatoms. The Bertz CT molecular complexity index is 573. The number of halogens is 1. The molecular formula is C11H16BrN3O3S. The van der Waals surface area contributed by atoms with Gasteiger partial charge in [0.2, 0.25) is 5.91 Å². The van der Waals surface area contributed by atoms with Crippen molar-refractivity contribution in [1.29, 1.82) is 0 Å². The molecule has 0 spiro atoms. The van der Waals surface area contributed by atoms with E-state index in [1.54, 1.807) is 12.1 Å². The van der Waals surface area contributed by atoms with E-state index in [0.717, 1.165) is 14.3 Å². The van der Waals surface area contributed by atoms with Crippen molar-refractivity contribution in [2.45, 2.75) is 6.92 Å². The van der Waals surface area contributed by atoms with Crippen molar-refractivity contribution in [1.82, 2.24) is 9.03 Å². The van der Waals surface area contributed by atoms with E-state index in [1.807, 2.05) is 13.0 Å². The number of carbonyl (C=O) groups excluding carboxylic acids is 1. The lowest BCUT2D eigenvalue weighted by Gasteiger charge is -2.12. The van der Waals surface area contributed by atoms with Gasteiger partial charge in [-0.1, -0.05) is 22.0 Å². The second-order valence-electron chi connectivity index (χ2n) is 4.12. The Balaban J connectivity index is 2.59. The Morgan fingerprint density at radius 3 is 2.53 bits per heavy atom. The van der Waals surface area contributed by atoms with Gasteiger partial charge in [0.25, 0.3) is 10.2 Å². The molecule has 0 aliphatic rings. The minimum Gasteiger partial charge on any atom is -0.325 e. The summed E-state index contributed by atoms with van der Waals surface area (Å²) in [6, 6.07) is 5.36. The van der Waals surface area contributed by atoms with Gasteiger partial charge in [-0.15, -0.1) is 0 Å². The third-order valence-electron chi connectivity index (χ3n) is 2.35. The monoisotopic (exact) mass is 349 g/mol. The zero-order valence-corrected chi connectivity index (χ0v) is 13.3.